The molecule has 0 radical (unpaired) electrons. The van der Waals surface area contributed by atoms with Crippen molar-refractivity contribution in [2.45, 2.75) is 39.5 Å². The van der Waals surface area contributed by atoms with Gasteiger partial charge in [-0.1, -0.05) is 6.42 Å². The summed E-state index contributed by atoms with van der Waals surface area (Å²) in [4.78, 5) is 34.2. The van der Waals surface area contributed by atoms with Crippen molar-refractivity contribution in [3.8, 4) is 0 Å². The zero-order valence-electron chi connectivity index (χ0n) is 14.3. The van der Waals surface area contributed by atoms with Crippen molar-refractivity contribution in [3.63, 3.8) is 0 Å². The van der Waals surface area contributed by atoms with Crippen LogP contribution in [0.1, 0.15) is 38.2 Å². The van der Waals surface area contributed by atoms with Crippen molar-refractivity contribution in [1.82, 2.24) is 5.32 Å². The molecular formula is C17H22Br2N2O4. The Morgan fingerprint density at radius 3 is 2.32 bits per heavy atom. The number of carbonyl (C=O) groups is 3. The van der Waals surface area contributed by atoms with Crippen LogP contribution in [-0.4, -0.2) is 30.9 Å². The summed E-state index contributed by atoms with van der Waals surface area (Å²) in [5, 5.41) is 5.40. The summed E-state index contributed by atoms with van der Waals surface area (Å²) < 4.78 is 6.47. The number of hydrogen-bond donors (Lipinski definition) is 2. The van der Waals surface area contributed by atoms with Gasteiger partial charge in [0.1, 0.15) is 0 Å². The zero-order chi connectivity index (χ0) is 18.8. The van der Waals surface area contributed by atoms with Crippen LogP contribution < -0.4 is 10.6 Å². The molecule has 0 spiro atoms. The van der Waals surface area contributed by atoms with Gasteiger partial charge in [-0.25, -0.2) is 0 Å². The van der Waals surface area contributed by atoms with Gasteiger partial charge in [-0.3, -0.25) is 14.4 Å². The van der Waals surface area contributed by atoms with E-state index in [0.29, 0.717) is 18.7 Å². The van der Waals surface area contributed by atoms with Gasteiger partial charge >= 0.3 is 5.97 Å². The number of carbonyl (C=O) groups excluding carboxylic acids is 3. The number of nitrogens with one attached hydrogen (secondary N) is 2. The highest BCUT2D eigenvalue weighted by atomic mass is 79.9. The minimum atomic E-state index is -0.406. The van der Waals surface area contributed by atoms with Gasteiger partial charge in [0.15, 0.2) is 6.61 Å². The number of anilines is 1. The number of halogens is 2. The Hall–Kier alpha value is -1.41. The van der Waals surface area contributed by atoms with Gasteiger partial charge in [0.05, 0.1) is 5.69 Å². The normalized spacial score (nSPS) is 10.2. The average molecular weight is 478 g/mol. The number of ether oxygens (including phenoxy) is 1. The van der Waals surface area contributed by atoms with E-state index in [4.69, 9.17) is 4.74 Å². The average Bonchev–Trinajstić information content (AvgIpc) is 2.52. The second kappa shape index (κ2) is 11.3. The molecule has 0 unspecified atom stereocenters. The van der Waals surface area contributed by atoms with Crippen LogP contribution in [0.15, 0.2) is 21.1 Å². The van der Waals surface area contributed by atoms with Crippen LogP contribution in [0.2, 0.25) is 0 Å². The first-order valence-electron chi connectivity index (χ1n) is 7.95. The fraction of sp³-hybridized carbons (Fsp3) is 0.471. The quantitative estimate of drug-likeness (QED) is 0.419. The van der Waals surface area contributed by atoms with Crippen molar-refractivity contribution in [1.29, 1.82) is 0 Å². The van der Waals surface area contributed by atoms with Crippen LogP contribution in [0.25, 0.3) is 0 Å². The molecule has 0 fully saturated rings. The van der Waals surface area contributed by atoms with E-state index in [9.17, 15) is 14.4 Å². The summed E-state index contributed by atoms with van der Waals surface area (Å²) in [5.74, 6) is -0.863. The Morgan fingerprint density at radius 2 is 1.72 bits per heavy atom. The topological polar surface area (TPSA) is 84.5 Å². The predicted octanol–water partition coefficient (Wildman–Crippen LogP) is 3.70. The first-order valence-corrected chi connectivity index (χ1v) is 9.53. The molecular weight excluding hydrogens is 456 g/mol. The summed E-state index contributed by atoms with van der Waals surface area (Å²) in [6.45, 7) is 3.69. The van der Waals surface area contributed by atoms with E-state index in [1.807, 2.05) is 19.1 Å². The van der Waals surface area contributed by atoms with Crippen LogP contribution in [0.4, 0.5) is 5.69 Å². The number of rotatable bonds is 9. The Morgan fingerprint density at radius 1 is 1.08 bits per heavy atom. The van der Waals surface area contributed by atoms with E-state index in [-0.39, 0.29) is 18.9 Å². The molecule has 0 bridgehead atoms. The SMILES string of the molecule is CC(=O)NCCCCCC(=O)OCC(=O)Nc1c(Br)cc(C)cc1Br. The first kappa shape index (κ1) is 21.6. The van der Waals surface area contributed by atoms with Gasteiger partial charge in [0.25, 0.3) is 5.91 Å². The lowest BCUT2D eigenvalue weighted by Crippen LogP contribution is -2.21. The van der Waals surface area contributed by atoms with Crippen LogP contribution in [0, 0.1) is 6.92 Å². The van der Waals surface area contributed by atoms with Gasteiger partial charge in [0.2, 0.25) is 5.91 Å². The van der Waals surface area contributed by atoms with E-state index in [1.54, 1.807) is 0 Å². The maximum Gasteiger partial charge on any atom is 0.306 e. The highest BCUT2D eigenvalue weighted by molar-refractivity contribution is 9.11. The molecule has 0 aliphatic heterocycles. The third-order valence-corrected chi connectivity index (χ3v) is 4.50. The molecule has 6 nitrogen and oxygen atoms in total. The minimum absolute atomic E-state index is 0.0581. The van der Waals surface area contributed by atoms with E-state index >= 15 is 0 Å². The van der Waals surface area contributed by atoms with E-state index < -0.39 is 11.9 Å². The van der Waals surface area contributed by atoms with Crippen molar-refractivity contribution in [2.24, 2.45) is 0 Å². The van der Waals surface area contributed by atoms with Crippen molar-refractivity contribution in [2.75, 3.05) is 18.5 Å². The van der Waals surface area contributed by atoms with Gasteiger partial charge in [0, 0.05) is 28.8 Å². The van der Waals surface area contributed by atoms with Crippen molar-refractivity contribution < 1.29 is 19.1 Å². The number of esters is 1. The molecule has 2 amide bonds. The summed E-state index contributed by atoms with van der Waals surface area (Å²) in [5.41, 5.74) is 1.64. The van der Waals surface area contributed by atoms with E-state index in [1.165, 1.54) is 6.92 Å². The summed E-state index contributed by atoms with van der Waals surface area (Å²) in [6.07, 6.45) is 2.54. The maximum atomic E-state index is 11.9. The fourth-order valence-electron chi connectivity index (χ4n) is 2.05. The molecule has 0 aliphatic rings. The second-order valence-corrected chi connectivity index (χ2v) is 7.31. The molecule has 1 aromatic rings. The standard InChI is InChI=1S/C17H22Br2N2O4/c1-11-8-13(18)17(14(19)9-11)21-15(23)10-25-16(24)6-4-3-5-7-20-12(2)22/h8-9H,3-7,10H2,1-2H3,(H,20,22)(H,21,23). The van der Waals surface area contributed by atoms with Gasteiger partial charge in [-0.2, -0.15) is 0 Å². The maximum absolute atomic E-state index is 11.9. The van der Waals surface area contributed by atoms with E-state index in [0.717, 1.165) is 27.4 Å². The van der Waals surface area contributed by atoms with Crippen LogP contribution in [0.3, 0.4) is 0 Å². The molecule has 25 heavy (non-hydrogen) atoms. The molecule has 0 aliphatic carbocycles. The fourth-order valence-corrected chi connectivity index (χ4v) is 3.66. The zero-order valence-corrected chi connectivity index (χ0v) is 17.5. The monoisotopic (exact) mass is 476 g/mol. The van der Waals surface area contributed by atoms with Crippen LogP contribution >= 0.6 is 31.9 Å². The lowest BCUT2D eigenvalue weighted by molar-refractivity contribution is -0.147. The molecule has 0 aromatic heterocycles. The smallest absolute Gasteiger partial charge is 0.306 e. The molecule has 1 aromatic carbocycles. The molecule has 0 atom stereocenters. The minimum Gasteiger partial charge on any atom is -0.456 e. The summed E-state index contributed by atoms with van der Waals surface area (Å²) >= 11 is 6.78. The Kier molecular flexibility index (Phi) is 9.74. The third kappa shape index (κ3) is 9.02. The summed E-state index contributed by atoms with van der Waals surface area (Å²) in [7, 11) is 0. The van der Waals surface area contributed by atoms with Crippen LogP contribution in [0.5, 0.6) is 0 Å². The molecule has 8 heteroatoms. The predicted molar refractivity (Wildman–Crippen MR) is 103 cm³/mol. The number of aryl methyl sites for hydroxylation is 1. The van der Waals surface area contributed by atoms with Crippen molar-refractivity contribution in [3.05, 3.63) is 26.6 Å². The summed E-state index contributed by atoms with van der Waals surface area (Å²) in [6, 6.07) is 3.76. The first-order chi connectivity index (χ1) is 11.8. The Bertz CT molecular complexity index is 612. The molecule has 0 heterocycles. The molecule has 0 saturated carbocycles. The largest absolute Gasteiger partial charge is 0.456 e. The number of hydrogen-bond acceptors (Lipinski definition) is 4. The lowest BCUT2D eigenvalue weighted by atomic mass is 10.2. The Balaban J connectivity index is 2.25. The molecule has 138 valence electrons. The van der Waals surface area contributed by atoms with Crippen LogP contribution in [-0.2, 0) is 19.1 Å². The Labute approximate surface area is 164 Å². The highest BCUT2D eigenvalue weighted by Gasteiger charge is 2.12. The van der Waals surface area contributed by atoms with Gasteiger partial charge in [-0.15, -0.1) is 0 Å². The van der Waals surface area contributed by atoms with Gasteiger partial charge in [-0.05, 0) is 69.3 Å². The van der Waals surface area contributed by atoms with E-state index in [2.05, 4.69) is 42.5 Å². The molecule has 2 N–H and O–H groups in total. The number of unbranched alkanes of at least 4 members (excludes halogenated alkanes) is 2. The van der Waals surface area contributed by atoms with Gasteiger partial charge < -0.3 is 15.4 Å². The lowest BCUT2D eigenvalue weighted by Gasteiger charge is -2.11. The third-order valence-electron chi connectivity index (χ3n) is 3.25. The van der Waals surface area contributed by atoms with Crippen molar-refractivity contribution >= 4 is 55.3 Å². The molecule has 0 saturated heterocycles. The second-order valence-electron chi connectivity index (χ2n) is 5.61. The number of amides is 2. The number of benzene rings is 1. The highest BCUT2D eigenvalue weighted by Crippen LogP contribution is 2.32. The molecule has 1 rings (SSSR count).